The van der Waals surface area contributed by atoms with E-state index in [0.717, 1.165) is 11.6 Å². The number of aliphatic carboxylic acids is 1. The van der Waals surface area contributed by atoms with Crippen molar-refractivity contribution in [2.45, 2.75) is 6.92 Å². The molecular formula is C11H9ClNO3-. The molecule has 0 heterocycles. The van der Waals surface area contributed by atoms with Gasteiger partial charge in [-0.25, -0.2) is 0 Å². The summed E-state index contributed by atoms with van der Waals surface area (Å²) in [5.41, 5.74) is 1.40. The molecule has 1 aromatic rings. The molecule has 5 heteroatoms. The smallest absolute Gasteiger partial charge is 0.248 e. The Morgan fingerprint density at radius 2 is 2.06 bits per heavy atom. The number of carboxylic acid groups (broad SMARTS) is 1. The van der Waals surface area contributed by atoms with Crippen LogP contribution in [-0.4, -0.2) is 11.9 Å². The van der Waals surface area contributed by atoms with Crippen LogP contribution in [0.4, 0.5) is 5.69 Å². The summed E-state index contributed by atoms with van der Waals surface area (Å²) in [4.78, 5) is 21.2. The Hall–Kier alpha value is -1.81. The quantitative estimate of drug-likeness (QED) is 0.796. The Bertz CT molecular complexity index is 455. The number of amides is 1. The standard InChI is InChI=1S/C11H10ClNO3/c1-7-2-3-8(6-9(7)12)13-10(14)4-5-11(15)16/h2-6H,1H3,(H,13,14)(H,15,16)/p-1/b5-4-. The van der Waals surface area contributed by atoms with Crippen LogP contribution in [0.5, 0.6) is 0 Å². The van der Waals surface area contributed by atoms with Crippen LogP contribution in [0.15, 0.2) is 30.4 Å². The van der Waals surface area contributed by atoms with Gasteiger partial charge >= 0.3 is 0 Å². The van der Waals surface area contributed by atoms with E-state index >= 15 is 0 Å². The molecule has 0 radical (unpaired) electrons. The SMILES string of the molecule is Cc1ccc(NC(=O)/C=C\C(=O)[O-])cc1Cl. The highest BCUT2D eigenvalue weighted by molar-refractivity contribution is 6.31. The van der Waals surface area contributed by atoms with Gasteiger partial charge in [0.05, 0.1) is 5.97 Å². The van der Waals surface area contributed by atoms with Gasteiger partial charge in [-0.3, -0.25) is 4.79 Å². The molecule has 0 spiro atoms. The van der Waals surface area contributed by atoms with Gasteiger partial charge in [-0.1, -0.05) is 17.7 Å². The van der Waals surface area contributed by atoms with Gasteiger partial charge in [0.15, 0.2) is 0 Å². The number of benzene rings is 1. The number of halogens is 1. The lowest BCUT2D eigenvalue weighted by Crippen LogP contribution is -2.20. The highest BCUT2D eigenvalue weighted by atomic mass is 35.5. The molecule has 0 atom stereocenters. The van der Waals surface area contributed by atoms with Gasteiger partial charge in [-0.05, 0) is 30.7 Å². The first kappa shape index (κ1) is 12.3. The number of carbonyl (C=O) groups excluding carboxylic acids is 2. The van der Waals surface area contributed by atoms with Crippen molar-refractivity contribution in [3.63, 3.8) is 0 Å². The molecule has 4 nitrogen and oxygen atoms in total. The van der Waals surface area contributed by atoms with E-state index in [4.69, 9.17) is 11.6 Å². The number of carboxylic acids is 1. The van der Waals surface area contributed by atoms with Crippen molar-refractivity contribution in [1.29, 1.82) is 0 Å². The Labute approximate surface area is 97.5 Å². The minimum atomic E-state index is -1.42. The molecule has 0 unspecified atom stereocenters. The summed E-state index contributed by atoms with van der Waals surface area (Å²) in [5.74, 6) is -1.97. The number of carbonyl (C=O) groups is 2. The zero-order valence-electron chi connectivity index (χ0n) is 8.49. The Kier molecular flexibility index (Phi) is 4.08. The summed E-state index contributed by atoms with van der Waals surface area (Å²) in [5, 5.41) is 13.0. The van der Waals surface area contributed by atoms with Crippen molar-refractivity contribution in [2.75, 3.05) is 5.32 Å². The molecule has 0 bridgehead atoms. The van der Waals surface area contributed by atoms with Crippen LogP contribution in [0.25, 0.3) is 0 Å². The second kappa shape index (κ2) is 5.32. The van der Waals surface area contributed by atoms with E-state index in [-0.39, 0.29) is 0 Å². The van der Waals surface area contributed by atoms with Crippen LogP contribution in [0.1, 0.15) is 5.56 Å². The van der Waals surface area contributed by atoms with Gasteiger partial charge in [0.2, 0.25) is 5.91 Å². The molecule has 0 fully saturated rings. The van der Waals surface area contributed by atoms with Gasteiger partial charge in [0.1, 0.15) is 0 Å². The molecule has 0 aromatic heterocycles. The van der Waals surface area contributed by atoms with Crippen molar-refractivity contribution in [1.82, 2.24) is 0 Å². The van der Waals surface area contributed by atoms with Crippen LogP contribution < -0.4 is 10.4 Å². The van der Waals surface area contributed by atoms with E-state index in [1.165, 1.54) is 0 Å². The van der Waals surface area contributed by atoms with Gasteiger partial charge in [-0.15, -0.1) is 0 Å². The van der Waals surface area contributed by atoms with E-state index in [0.29, 0.717) is 16.8 Å². The predicted octanol–water partition coefficient (Wildman–Crippen LogP) is 0.893. The van der Waals surface area contributed by atoms with Crippen LogP contribution in [-0.2, 0) is 9.59 Å². The molecule has 0 aliphatic carbocycles. The third-order valence-corrected chi connectivity index (χ3v) is 2.22. The lowest BCUT2D eigenvalue weighted by Gasteiger charge is -2.04. The van der Waals surface area contributed by atoms with Crippen LogP contribution in [0.3, 0.4) is 0 Å². The monoisotopic (exact) mass is 238 g/mol. The van der Waals surface area contributed by atoms with E-state index in [1.807, 2.05) is 6.92 Å². The molecule has 1 rings (SSSR count). The zero-order valence-corrected chi connectivity index (χ0v) is 9.25. The summed E-state index contributed by atoms with van der Waals surface area (Å²) in [6, 6.07) is 5.01. The second-order valence-corrected chi connectivity index (χ2v) is 3.51. The summed E-state index contributed by atoms with van der Waals surface area (Å²) < 4.78 is 0. The normalized spacial score (nSPS) is 10.4. The van der Waals surface area contributed by atoms with Crippen molar-refractivity contribution >= 4 is 29.2 Å². The molecule has 16 heavy (non-hydrogen) atoms. The maximum atomic E-state index is 11.2. The minimum absolute atomic E-state index is 0.503. The van der Waals surface area contributed by atoms with Crippen LogP contribution in [0, 0.1) is 6.92 Å². The van der Waals surface area contributed by atoms with Gasteiger partial charge in [0, 0.05) is 16.8 Å². The Morgan fingerprint density at radius 3 is 2.62 bits per heavy atom. The lowest BCUT2D eigenvalue weighted by atomic mass is 10.2. The summed E-state index contributed by atoms with van der Waals surface area (Å²) in [6.07, 6.45) is 1.54. The molecular weight excluding hydrogens is 230 g/mol. The number of anilines is 1. The number of nitrogens with one attached hydrogen (secondary N) is 1. The third-order valence-electron chi connectivity index (χ3n) is 1.81. The van der Waals surface area contributed by atoms with Crippen LogP contribution >= 0.6 is 11.6 Å². The van der Waals surface area contributed by atoms with Crippen molar-refractivity contribution in [3.05, 3.63) is 40.9 Å². The second-order valence-electron chi connectivity index (χ2n) is 3.11. The molecule has 1 aromatic carbocycles. The molecule has 1 N–H and O–H groups in total. The fraction of sp³-hybridized carbons (Fsp3) is 0.0909. The highest BCUT2D eigenvalue weighted by Crippen LogP contribution is 2.19. The molecule has 0 saturated heterocycles. The number of hydrogen-bond donors (Lipinski definition) is 1. The van der Waals surface area contributed by atoms with Crippen molar-refractivity contribution in [3.8, 4) is 0 Å². The maximum absolute atomic E-state index is 11.2. The number of hydrogen-bond acceptors (Lipinski definition) is 3. The van der Waals surface area contributed by atoms with E-state index in [9.17, 15) is 14.7 Å². The van der Waals surface area contributed by atoms with Gasteiger partial charge < -0.3 is 15.2 Å². The zero-order chi connectivity index (χ0) is 12.1. The van der Waals surface area contributed by atoms with Gasteiger partial charge in [-0.2, -0.15) is 0 Å². The summed E-state index contributed by atoms with van der Waals surface area (Å²) in [6.45, 7) is 1.84. The number of aryl methyl sites for hydroxylation is 1. The topological polar surface area (TPSA) is 69.2 Å². The van der Waals surface area contributed by atoms with E-state index in [2.05, 4.69) is 5.32 Å². The third kappa shape index (κ3) is 3.74. The average Bonchev–Trinajstić information content (AvgIpc) is 2.21. The molecule has 84 valence electrons. The Morgan fingerprint density at radius 1 is 1.38 bits per heavy atom. The molecule has 1 amide bonds. The summed E-state index contributed by atoms with van der Waals surface area (Å²) >= 11 is 5.85. The van der Waals surface area contributed by atoms with E-state index in [1.54, 1.807) is 18.2 Å². The first-order valence-electron chi connectivity index (χ1n) is 4.45. The fourth-order valence-corrected chi connectivity index (χ4v) is 1.18. The number of rotatable bonds is 3. The first-order valence-corrected chi connectivity index (χ1v) is 4.83. The summed E-state index contributed by atoms with van der Waals surface area (Å²) in [7, 11) is 0. The van der Waals surface area contributed by atoms with E-state index < -0.39 is 11.9 Å². The highest BCUT2D eigenvalue weighted by Gasteiger charge is 2.00. The molecule has 0 saturated carbocycles. The molecule has 0 aliphatic heterocycles. The molecule has 0 aliphatic rings. The van der Waals surface area contributed by atoms with Gasteiger partial charge in [0.25, 0.3) is 0 Å². The first-order chi connectivity index (χ1) is 7.49. The van der Waals surface area contributed by atoms with Crippen molar-refractivity contribution in [2.24, 2.45) is 0 Å². The largest absolute Gasteiger partial charge is 0.545 e. The fourth-order valence-electron chi connectivity index (χ4n) is 0.998. The van der Waals surface area contributed by atoms with Crippen LogP contribution in [0.2, 0.25) is 5.02 Å². The minimum Gasteiger partial charge on any atom is -0.545 e. The predicted molar refractivity (Wildman–Crippen MR) is 59.0 cm³/mol. The maximum Gasteiger partial charge on any atom is 0.248 e. The Balaban J connectivity index is 2.70. The van der Waals surface area contributed by atoms with Crippen molar-refractivity contribution < 1.29 is 14.7 Å². The average molecular weight is 239 g/mol. The lowest BCUT2D eigenvalue weighted by molar-refractivity contribution is -0.297.